The van der Waals surface area contributed by atoms with Crippen LogP contribution in [0, 0.1) is 11.3 Å². The average molecular weight is 450 g/mol. The smallest absolute Gasteiger partial charge is 0.469 e. The summed E-state index contributed by atoms with van der Waals surface area (Å²) >= 11 is 1.56. The van der Waals surface area contributed by atoms with Crippen molar-refractivity contribution in [3.63, 3.8) is 0 Å². The maximum Gasteiger partial charge on any atom is 0.469 e. The van der Waals surface area contributed by atoms with E-state index >= 15 is 0 Å². The SMILES string of the molecule is COc1ccc(C(C#N)=Cc2ccc(N3CCC(OP(=O)(O)O)CC3)s2)cc1OC. The monoisotopic (exact) mass is 450 g/mol. The Balaban J connectivity index is 1.72. The lowest BCUT2D eigenvalue weighted by Crippen LogP contribution is -2.36. The Morgan fingerprint density at radius 3 is 2.50 bits per heavy atom. The standard InChI is InChI=1S/C20H23N2O6PS/c1-26-18-5-3-14(12-19(18)27-2)15(13-21)11-17-4-6-20(30-17)22-9-7-16(8-10-22)28-29(23,24)25/h3-6,11-12,16H,7-10H2,1-2H3,(H2,23,24,25). The maximum atomic E-state index is 11.0. The topological polar surface area (TPSA) is 112 Å². The maximum absolute atomic E-state index is 11.0. The fraction of sp³-hybridized carbons (Fsp3) is 0.350. The second-order valence-corrected chi connectivity index (χ2v) is 8.98. The minimum Gasteiger partial charge on any atom is -0.493 e. The first-order valence-electron chi connectivity index (χ1n) is 9.26. The van der Waals surface area contributed by atoms with Crippen molar-refractivity contribution >= 4 is 35.8 Å². The number of allylic oxidation sites excluding steroid dienone is 1. The van der Waals surface area contributed by atoms with Gasteiger partial charge in [-0.1, -0.05) is 0 Å². The highest BCUT2D eigenvalue weighted by atomic mass is 32.1. The number of nitriles is 1. The van der Waals surface area contributed by atoms with Gasteiger partial charge in [-0.2, -0.15) is 5.26 Å². The van der Waals surface area contributed by atoms with Gasteiger partial charge >= 0.3 is 7.82 Å². The number of hydrogen-bond donors (Lipinski definition) is 2. The van der Waals surface area contributed by atoms with Crippen LogP contribution in [0.1, 0.15) is 23.3 Å². The van der Waals surface area contributed by atoms with E-state index in [1.807, 2.05) is 24.3 Å². The molecule has 160 valence electrons. The molecule has 0 radical (unpaired) electrons. The van der Waals surface area contributed by atoms with Crippen LogP contribution < -0.4 is 14.4 Å². The van der Waals surface area contributed by atoms with Crippen molar-refractivity contribution in [3.05, 3.63) is 40.8 Å². The molecule has 1 aliphatic rings. The van der Waals surface area contributed by atoms with Crippen LogP contribution in [0.4, 0.5) is 5.00 Å². The normalized spacial score (nSPS) is 15.7. The van der Waals surface area contributed by atoms with Crippen LogP contribution in [-0.2, 0) is 9.09 Å². The molecule has 8 nitrogen and oxygen atoms in total. The van der Waals surface area contributed by atoms with Gasteiger partial charge in [0.15, 0.2) is 11.5 Å². The van der Waals surface area contributed by atoms with Crippen molar-refractivity contribution in [2.75, 3.05) is 32.2 Å². The summed E-state index contributed by atoms with van der Waals surface area (Å²) in [5.41, 5.74) is 1.25. The molecule has 1 aromatic heterocycles. The zero-order chi connectivity index (χ0) is 21.7. The van der Waals surface area contributed by atoms with Gasteiger partial charge in [-0.25, -0.2) is 4.57 Å². The van der Waals surface area contributed by atoms with Crippen molar-refractivity contribution in [1.82, 2.24) is 0 Å². The summed E-state index contributed by atoms with van der Waals surface area (Å²) < 4.78 is 26.4. The molecule has 1 saturated heterocycles. The Morgan fingerprint density at radius 2 is 1.90 bits per heavy atom. The predicted molar refractivity (Wildman–Crippen MR) is 116 cm³/mol. The molecular weight excluding hydrogens is 427 g/mol. The second kappa shape index (κ2) is 9.65. The molecule has 3 rings (SSSR count). The van der Waals surface area contributed by atoms with Gasteiger partial charge < -0.3 is 24.2 Å². The first-order chi connectivity index (χ1) is 14.3. The number of hydrogen-bond acceptors (Lipinski definition) is 7. The van der Waals surface area contributed by atoms with Gasteiger partial charge in [-0.15, -0.1) is 11.3 Å². The highest BCUT2D eigenvalue weighted by Crippen LogP contribution is 2.40. The third-order valence-corrected chi connectivity index (χ3v) is 6.42. The molecule has 0 saturated carbocycles. The highest BCUT2D eigenvalue weighted by molar-refractivity contribution is 7.46. The van der Waals surface area contributed by atoms with E-state index in [2.05, 4.69) is 11.0 Å². The summed E-state index contributed by atoms with van der Waals surface area (Å²) in [6.07, 6.45) is 2.49. The summed E-state index contributed by atoms with van der Waals surface area (Å²) in [6.45, 7) is 1.30. The zero-order valence-electron chi connectivity index (χ0n) is 16.6. The third-order valence-electron chi connectivity index (χ3n) is 4.75. The van der Waals surface area contributed by atoms with E-state index in [0.717, 1.165) is 15.4 Å². The molecule has 1 fully saturated rings. The quantitative estimate of drug-likeness (QED) is 0.482. The molecule has 30 heavy (non-hydrogen) atoms. The minimum absolute atomic E-state index is 0.434. The largest absolute Gasteiger partial charge is 0.493 e. The molecule has 1 aliphatic heterocycles. The predicted octanol–water partition coefficient (Wildman–Crippen LogP) is 3.91. The Morgan fingerprint density at radius 1 is 1.20 bits per heavy atom. The van der Waals surface area contributed by atoms with E-state index in [9.17, 15) is 9.83 Å². The fourth-order valence-electron chi connectivity index (χ4n) is 3.29. The van der Waals surface area contributed by atoms with Crippen molar-refractivity contribution < 1.29 is 28.3 Å². The number of thiophene rings is 1. The molecule has 0 atom stereocenters. The minimum atomic E-state index is -4.45. The average Bonchev–Trinajstić information content (AvgIpc) is 3.19. The Hall–Kier alpha value is -2.34. The van der Waals surface area contributed by atoms with Crippen LogP contribution in [-0.4, -0.2) is 43.2 Å². The van der Waals surface area contributed by atoms with Crippen LogP contribution in [0.25, 0.3) is 11.6 Å². The van der Waals surface area contributed by atoms with Gasteiger partial charge in [-0.3, -0.25) is 4.52 Å². The fourth-order valence-corrected chi connectivity index (χ4v) is 4.89. The van der Waals surface area contributed by atoms with E-state index in [1.54, 1.807) is 37.7 Å². The van der Waals surface area contributed by atoms with E-state index < -0.39 is 13.9 Å². The Kier molecular flexibility index (Phi) is 7.19. The highest BCUT2D eigenvalue weighted by Gasteiger charge is 2.27. The molecule has 2 N–H and O–H groups in total. The molecule has 0 aliphatic carbocycles. The summed E-state index contributed by atoms with van der Waals surface area (Å²) in [4.78, 5) is 21.0. The van der Waals surface area contributed by atoms with E-state index in [1.165, 1.54) is 0 Å². The first-order valence-corrected chi connectivity index (χ1v) is 11.6. The summed E-state index contributed by atoms with van der Waals surface area (Å²) in [5.74, 6) is 1.16. The van der Waals surface area contributed by atoms with Crippen LogP contribution in [0.5, 0.6) is 11.5 Å². The molecule has 0 unspecified atom stereocenters. The molecule has 2 heterocycles. The van der Waals surface area contributed by atoms with E-state index in [4.69, 9.17) is 23.8 Å². The van der Waals surface area contributed by atoms with Crippen molar-refractivity contribution in [3.8, 4) is 17.6 Å². The number of phosphoric acid groups is 1. The second-order valence-electron chi connectivity index (χ2n) is 6.70. The molecule has 10 heteroatoms. The van der Waals surface area contributed by atoms with Crippen LogP contribution in [0.15, 0.2) is 30.3 Å². The summed E-state index contributed by atoms with van der Waals surface area (Å²) in [5, 5.41) is 10.7. The van der Waals surface area contributed by atoms with Crippen molar-refractivity contribution in [2.24, 2.45) is 0 Å². The molecule has 0 bridgehead atoms. The number of methoxy groups -OCH3 is 2. The van der Waals surface area contributed by atoms with E-state index in [0.29, 0.717) is 43.0 Å². The number of piperidine rings is 1. The lowest BCUT2D eigenvalue weighted by atomic mass is 10.1. The Bertz CT molecular complexity index is 1000. The van der Waals surface area contributed by atoms with Gasteiger partial charge in [0.05, 0.1) is 37.0 Å². The summed E-state index contributed by atoms with van der Waals surface area (Å²) in [7, 11) is -1.34. The zero-order valence-corrected chi connectivity index (χ0v) is 18.4. The molecule has 2 aromatic rings. The lowest BCUT2D eigenvalue weighted by Gasteiger charge is -2.32. The number of rotatable bonds is 7. The van der Waals surface area contributed by atoms with Gasteiger partial charge in [0.25, 0.3) is 0 Å². The van der Waals surface area contributed by atoms with Gasteiger partial charge in [0, 0.05) is 18.0 Å². The number of benzene rings is 1. The van der Waals surface area contributed by atoms with Crippen molar-refractivity contribution in [2.45, 2.75) is 18.9 Å². The number of nitrogens with zero attached hydrogens (tertiary/aromatic N) is 2. The third kappa shape index (κ3) is 5.63. The van der Waals surface area contributed by atoms with Gasteiger partial charge in [0.2, 0.25) is 0 Å². The molecule has 0 spiro atoms. The van der Waals surface area contributed by atoms with Crippen molar-refractivity contribution in [1.29, 1.82) is 5.26 Å². The van der Waals surface area contributed by atoms with Crippen LogP contribution in [0.2, 0.25) is 0 Å². The van der Waals surface area contributed by atoms with Crippen LogP contribution >= 0.6 is 19.2 Å². The van der Waals surface area contributed by atoms with Gasteiger partial charge in [0.1, 0.15) is 0 Å². The van der Waals surface area contributed by atoms with Crippen LogP contribution in [0.3, 0.4) is 0 Å². The first kappa shape index (κ1) is 22.3. The molecular formula is C20H23N2O6PS. The molecule has 1 aromatic carbocycles. The lowest BCUT2D eigenvalue weighted by molar-refractivity contribution is 0.114. The number of phosphoric ester groups is 1. The Labute approximate surface area is 179 Å². The van der Waals surface area contributed by atoms with Gasteiger partial charge in [-0.05, 0) is 54.8 Å². The van der Waals surface area contributed by atoms with E-state index in [-0.39, 0.29) is 0 Å². The summed E-state index contributed by atoms with van der Waals surface area (Å²) in [6, 6.07) is 11.5. The molecule has 0 amide bonds. The number of anilines is 1. The number of ether oxygens (including phenoxy) is 2.